The van der Waals surface area contributed by atoms with E-state index in [1.807, 2.05) is 0 Å². The molecule has 2 amide bonds. The Morgan fingerprint density at radius 1 is 1.06 bits per heavy atom. The van der Waals surface area contributed by atoms with Gasteiger partial charge >= 0.3 is 6.30 Å². The summed E-state index contributed by atoms with van der Waals surface area (Å²) < 4.78 is 37.3. The monoisotopic (exact) mass is 275 g/mol. The second-order valence-corrected chi connectivity index (χ2v) is 3.95. The number of hydrogen-bond donors (Lipinski definition) is 0. The van der Waals surface area contributed by atoms with E-state index in [2.05, 4.69) is 0 Å². The summed E-state index contributed by atoms with van der Waals surface area (Å²) in [6, 6.07) is 5.59. The van der Waals surface area contributed by atoms with Crippen molar-refractivity contribution in [2.75, 3.05) is 0 Å². The molecule has 1 heterocycles. The van der Waals surface area contributed by atoms with Gasteiger partial charge in [-0.25, -0.2) is 0 Å². The molecule has 2 rings (SSSR count). The zero-order valence-corrected chi connectivity index (χ0v) is 9.42. The summed E-state index contributed by atoms with van der Waals surface area (Å²) in [5.41, 5.74) is -0.0847. The summed E-state index contributed by atoms with van der Waals surface area (Å²) in [7, 11) is 0. The van der Waals surface area contributed by atoms with Crippen LogP contribution in [0.15, 0.2) is 30.3 Å². The average molecular weight is 276 g/mol. The van der Waals surface area contributed by atoms with Crippen molar-refractivity contribution in [2.24, 2.45) is 0 Å². The Bertz CT molecular complexity index is 548. The van der Waals surface area contributed by atoms with E-state index in [1.54, 1.807) is 0 Å². The van der Waals surface area contributed by atoms with Crippen LogP contribution >= 0.6 is 11.6 Å². The lowest BCUT2D eigenvalue weighted by molar-refractivity contribution is -0.230. The Balaban J connectivity index is 2.38. The molecule has 0 aromatic heterocycles. The Labute approximate surface area is 104 Å². The van der Waals surface area contributed by atoms with E-state index >= 15 is 0 Å². The summed E-state index contributed by atoms with van der Waals surface area (Å²) >= 11 is 5.62. The molecule has 94 valence electrons. The molecule has 7 heteroatoms. The van der Waals surface area contributed by atoms with Gasteiger partial charge in [-0.2, -0.15) is 4.90 Å². The molecule has 0 saturated carbocycles. The predicted molar refractivity (Wildman–Crippen MR) is 57.3 cm³/mol. The number of carbonyl (C=O) groups is 2. The molecule has 1 aromatic rings. The first kappa shape index (κ1) is 12.6. The van der Waals surface area contributed by atoms with E-state index in [0.29, 0.717) is 11.1 Å². The first-order valence-electron chi connectivity index (χ1n) is 4.73. The first-order chi connectivity index (χ1) is 8.30. The minimum atomic E-state index is -5.02. The zero-order chi connectivity index (χ0) is 13.5. The van der Waals surface area contributed by atoms with Gasteiger partial charge in [-0.3, -0.25) is 9.59 Å². The topological polar surface area (TPSA) is 37.4 Å². The molecule has 0 aliphatic carbocycles. The standard InChI is InChI=1S/C11H5ClF3NO2/c12-7-3-1-6(2-4-7)8-5-9(17)16(10(8)18)11(13,14)15/h1-5H. The lowest BCUT2D eigenvalue weighted by atomic mass is 10.1. The van der Waals surface area contributed by atoms with Gasteiger partial charge in [-0.1, -0.05) is 23.7 Å². The molecule has 0 bridgehead atoms. The fourth-order valence-electron chi connectivity index (χ4n) is 1.55. The van der Waals surface area contributed by atoms with Gasteiger partial charge in [0.2, 0.25) is 0 Å². The van der Waals surface area contributed by atoms with Crippen LogP contribution in [0.5, 0.6) is 0 Å². The summed E-state index contributed by atoms with van der Waals surface area (Å²) in [5, 5.41) is 0.379. The third kappa shape index (κ3) is 2.11. The van der Waals surface area contributed by atoms with Crippen molar-refractivity contribution in [2.45, 2.75) is 6.30 Å². The number of amides is 2. The van der Waals surface area contributed by atoms with Crippen LogP contribution < -0.4 is 0 Å². The number of alkyl halides is 3. The summed E-state index contributed by atoms with van der Waals surface area (Å²) in [5.74, 6) is -2.77. The second kappa shape index (κ2) is 4.13. The fourth-order valence-corrected chi connectivity index (χ4v) is 1.67. The van der Waals surface area contributed by atoms with Crippen LogP contribution in [0.25, 0.3) is 5.57 Å². The van der Waals surface area contributed by atoms with Crippen LogP contribution in [0.2, 0.25) is 5.02 Å². The molecule has 0 spiro atoms. The van der Waals surface area contributed by atoms with Crippen molar-refractivity contribution in [3.63, 3.8) is 0 Å². The second-order valence-electron chi connectivity index (χ2n) is 3.51. The van der Waals surface area contributed by atoms with E-state index < -0.39 is 23.0 Å². The van der Waals surface area contributed by atoms with Gasteiger partial charge < -0.3 is 0 Å². The number of imide groups is 1. The Morgan fingerprint density at radius 2 is 1.61 bits per heavy atom. The van der Waals surface area contributed by atoms with E-state index in [0.717, 1.165) is 0 Å². The van der Waals surface area contributed by atoms with Crippen molar-refractivity contribution < 1.29 is 22.8 Å². The Kier molecular flexibility index (Phi) is 2.90. The number of rotatable bonds is 1. The molecular weight excluding hydrogens is 271 g/mol. The third-order valence-electron chi connectivity index (χ3n) is 2.33. The third-order valence-corrected chi connectivity index (χ3v) is 2.58. The first-order valence-corrected chi connectivity index (χ1v) is 5.11. The number of carbonyl (C=O) groups excluding carboxylic acids is 2. The van der Waals surface area contributed by atoms with Gasteiger partial charge in [0.05, 0.1) is 5.57 Å². The highest BCUT2D eigenvalue weighted by Gasteiger charge is 2.49. The Hall–Kier alpha value is -1.82. The molecule has 0 radical (unpaired) electrons. The molecule has 0 atom stereocenters. The average Bonchev–Trinajstić information content (AvgIpc) is 2.54. The maximum atomic E-state index is 12.4. The van der Waals surface area contributed by atoms with Crippen LogP contribution in [0.4, 0.5) is 13.2 Å². The molecule has 3 nitrogen and oxygen atoms in total. The molecular formula is C11H5ClF3NO2. The van der Waals surface area contributed by atoms with Crippen molar-refractivity contribution >= 4 is 29.0 Å². The van der Waals surface area contributed by atoms with Crippen LogP contribution in [0.1, 0.15) is 5.56 Å². The van der Waals surface area contributed by atoms with Crippen molar-refractivity contribution in [3.8, 4) is 0 Å². The molecule has 1 aliphatic rings. The summed E-state index contributed by atoms with van der Waals surface area (Å²) in [6.45, 7) is 0. The minimum absolute atomic E-state index is 0.213. The van der Waals surface area contributed by atoms with E-state index in [4.69, 9.17) is 11.6 Å². The van der Waals surface area contributed by atoms with E-state index in [-0.39, 0.29) is 11.1 Å². The van der Waals surface area contributed by atoms with E-state index in [1.165, 1.54) is 24.3 Å². The maximum absolute atomic E-state index is 12.4. The van der Waals surface area contributed by atoms with Gasteiger partial charge in [-0.15, -0.1) is 13.2 Å². The lowest BCUT2D eigenvalue weighted by Crippen LogP contribution is -2.42. The predicted octanol–water partition coefficient (Wildman–Crippen LogP) is 2.61. The van der Waals surface area contributed by atoms with Gasteiger partial charge in [-0.05, 0) is 17.7 Å². The molecule has 0 fully saturated rings. The van der Waals surface area contributed by atoms with Crippen molar-refractivity contribution in [1.29, 1.82) is 0 Å². The van der Waals surface area contributed by atoms with Gasteiger partial charge in [0.25, 0.3) is 11.8 Å². The zero-order valence-electron chi connectivity index (χ0n) is 8.66. The highest BCUT2D eigenvalue weighted by Crippen LogP contribution is 2.32. The number of halogens is 4. The number of benzene rings is 1. The molecule has 1 aromatic carbocycles. The smallest absolute Gasteiger partial charge is 0.269 e. The molecule has 0 N–H and O–H groups in total. The minimum Gasteiger partial charge on any atom is -0.269 e. The largest absolute Gasteiger partial charge is 0.494 e. The molecule has 0 saturated heterocycles. The molecule has 0 unspecified atom stereocenters. The van der Waals surface area contributed by atoms with Gasteiger partial charge in [0, 0.05) is 11.1 Å². The van der Waals surface area contributed by atoms with Gasteiger partial charge in [0.15, 0.2) is 0 Å². The summed E-state index contributed by atoms with van der Waals surface area (Å²) in [4.78, 5) is 22.0. The highest BCUT2D eigenvalue weighted by atomic mass is 35.5. The Morgan fingerprint density at radius 3 is 2.06 bits per heavy atom. The van der Waals surface area contributed by atoms with Crippen molar-refractivity contribution in [3.05, 3.63) is 40.9 Å². The maximum Gasteiger partial charge on any atom is 0.494 e. The van der Waals surface area contributed by atoms with Crippen LogP contribution in [-0.2, 0) is 9.59 Å². The molecule has 18 heavy (non-hydrogen) atoms. The SMILES string of the molecule is O=C1C=C(c2ccc(Cl)cc2)C(=O)N1C(F)(F)F. The van der Waals surface area contributed by atoms with Crippen LogP contribution in [0.3, 0.4) is 0 Å². The number of nitrogens with zero attached hydrogens (tertiary/aromatic N) is 1. The van der Waals surface area contributed by atoms with E-state index in [9.17, 15) is 22.8 Å². The quantitative estimate of drug-likeness (QED) is 0.584. The molecule has 1 aliphatic heterocycles. The van der Waals surface area contributed by atoms with Crippen LogP contribution in [-0.4, -0.2) is 23.0 Å². The fraction of sp³-hybridized carbons (Fsp3) is 0.0909. The normalized spacial score (nSPS) is 16.2. The summed E-state index contributed by atoms with van der Waals surface area (Å²) in [6.07, 6.45) is -4.35. The van der Waals surface area contributed by atoms with Crippen molar-refractivity contribution in [1.82, 2.24) is 4.90 Å². The van der Waals surface area contributed by atoms with Crippen LogP contribution in [0, 0.1) is 0 Å². The highest BCUT2D eigenvalue weighted by molar-refractivity contribution is 6.34. The lowest BCUT2D eigenvalue weighted by Gasteiger charge is -2.17. The number of hydrogen-bond acceptors (Lipinski definition) is 2. The van der Waals surface area contributed by atoms with Gasteiger partial charge in [0.1, 0.15) is 0 Å².